The molecule has 0 spiro atoms. The molecule has 0 rings (SSSR count). The van der Waals surface area contributed by atoms with E-state index >= 15 is 0 Å². The van der Waals surface area contributed by atoms with E-state index in [-0.39, 0.29) is 54.1 Å². The lowest BCUT2D eigenvalue weighted by molar-refractivity contribution is -0.883. The Bertz CT molecular complexity index is 1150. The molecule has 0 saturated heterocycles. The van der Waals surface area contributed by atoms with Crippen LogP contribution in [0.15, 0.2) is 12.2 Å². The zero-order chi connectivity index (χ0) is 43.5. The second kappa shape index (κ2) is 34.8. The van der Waals surface area contributed by atoms with Gasteiger partial charge in [-0.25, -0.2) is 14.1 Å². The number of likely N-dealkylation sites (N-methyl/N-ethyl adjacent to an activating group) is 2. The minimum Gasteiger partial charge on any atom is -0.460 e. The van der Waals surface area contributed by atoms with Gasteiger partial charge in [0, 0.05) is 33.4 Å². The number of allylic oxidation sites excluding steroid dienone is 1. The summed E-state index contributed by atoms with van der Waals surface area (Å²) in [5.74, 6) is -0.869. The zero-order valence-electron chi connectivity index (χ0n) is 37.9. The number of aliphatic hydroxyl groups is 1. The van der Waals surface area contributed by atoms with Gasteiger partial charge in [-0.05, 0) is 51.4 Å². The van der Waals surface area contributed by atoms with Crippen LogP contribution >= 0.6 is 0 Å². The fourth-order valence-corrected chi connectivity index (χ4v) is 6.49. The van der Waals surface area contributed by atoms with E-state index in [1.54, 1.807) is 0 Å². The first-order chi connectivity index (χ1) is 27.6. The van der Waals surface area contributed by atoms with Crippen LogP contribution in [0.2, 0.25) is 0 Å². The molecule has 58 heavy (non-hydrogen) atoms. The first-order valence-corrected chi connectivity index (χ1v) is 22.6. The van der Waals surface area contributed by atoms with Crippen molar-refractivity contribution in [2.24, 2.45) is 0 Å². The Morgan fingerprint density at radius 3 is 1.72 bits per heavy atom. The van der Waals surface area contributed by atoms with Gasteiger partial charge in [0.15, 0.2) is 6.54 Å². The van der Waals surface area contributed by atoms with Gasteiger partial charge in [-0.1, -0.05) is 103 Å². The van der Waals surface area contributed by atoms with E-state index in [1.807, 2.05) is 34.3 Å². The van der Waals surface area contributed by atoms with Crippen LogP contribution in [0.3, 0.4) is 0 Å². The summed E-state index contributed by atoms with van der Waals surface area (Å²) < 4.78 is 16.2. The highest BCUT2D eigenvalue weighted by atomic mass is 16.6. The molecule has 0 aliphatic carbocycles. The Morgan fingerprint density at radius 1 is 0.638 bits per heavy atom. The number of unbranched alkanes of at least 4 members (excludes halogenated alkanes) is 16. The van der Waals surface area contributed by atoms with Crippen molar-refractivity contribution in [3.8, 4) is 0 Å². The second-order valence-electron chi connectivity index (χ2n) is 17.1. The van der Waals surface area contributed by atoms with Gasteiger partial charge in [0.1, 0.15) is 32.4 Å². The van der Waals surface area contributed by atoms with Crippen LogP contribution < -0.4 is 10.6 Å². The molecule has 0 aromatic carbocycles. The lowest BCUT2D eigenvalue weighted by Gasteiger charge is -2.30. The number of hydrogen-bond donors (Lipinski definition) is 3. The monoisotopic (exact) mass is 827 g/mol. The van der Waals surface area contributed by atoms with Gasteiger partial charge >= 0.3 is 23.9 Å². The van der Waals surface area contributed by atoms with Crippen molar-refractivity contribution in [1.29, 1.82) is 0 Å². The number of esters is 3. The first-order valence-electron chi connectivity index (χ1n) is 22.6. The summed E-state index contributed by atoms with van der Waals surface area (Å²) in [5, 5.41) is 16.9. The molecule has 0 fully saturated rings. The van der Waals surface area contributed by atoms with Crippen LogP contribution in [-0.4, -0.2) is 130 Å². The third kappa shape index (κ3) is 33.9. The second-order valence-corrected chi connectivity index (χ2v) is 17.1. The Morgan fingerprint density at radius 2 is 1.16 bits per heavy atom. The molecule has 0 aromatic heterocycles. The average Bonchev–Trinajstić information content (AvgIpc) is 3.14. The molecule has 0 heterocycles. The molecule has 0 aliphatic heterocycles. The molecule has 0 aromatic rings. The molecular formula is C45H86N4O9+2. The maximum absolute atomic E-state index is 12.7. The molecule has 3 N–H and O–H groups in total. The quantitative estimate of drug-likeness (QED) is 0.0190. The summed E-state index contributed by atoms with van der Waals surface area (Å²) in [6, 6.07) is -0.0507. The lowest BCUT2D eigenvalue weighted by atomic mass is 10.0. The number of amides is 3. The number of hydrogen-bond acceptors (Lipinski definition) is 9. The number of aliphatic hydroxyl groups excluding tert-OH is 1. The normalized spacial score (nSPS) is 12.9. The molecule has 3 amide bonds. The van der Waals surface area contributed by atoms with Crippen molar-refractivity contribution in [1.82, 2.24) is 10.6 Å². The molecule has 0 saturated carbocycles. The summed E-state index contributed by atoms with van der Waals surface area (Å²) in [5.41, 5.74) is 0. The number of quaternary nitrogens is 2. The number of urea groups is 1. The maximum atomic E-state index is 12.7. The van der Waals surface area contributed by atoms with Crippen molar-refractivity contribution in [3.63, 3.8) is 0 Å². The Balaban J connectivity index is 3.85. The lowest BCUT2D eigenvalue weighted by Crippen LogP contribution is -2.53. The van der Waals surface area contributed by atoms with Crippen molar-refractivity contribution in [3.05, 3.63) is 12.2 Å². The van der Waals surface area contributed by atoms with E-state index in [1.165, 1.54) is 52.4 Å². The van der Waals surface area contributed by atoms with Gasteiger partial charge in [0.25, 0.3) is 0 Å². The molecule has 0 radical (unpaired) electrons. The van der Waals surface area contributed by atoms with E-state index in [0.717, 1.165) is 90.0 Å². The van der Waals surface area contributed by atoms with Crippen LogP contribution in [0.5, 0.6) is 0 Å². The molecule has 2 atom stereocenters. The van der Waals surface area contributed by atoms with Crippen LogP contribution in [0.1, 0.15) is 162 Å². The van der Waals surface area contributed by atoms with Gasteiger partial charge in [-0.15, -0.1) is 0 Å². The average molecular weight is 827 g/mol. The smallest absolute Gasteiger partial charge is 0.416 e. The Kier molecular flexibility index (Phi) is 33.0. The number of carbonyl (C=O) groups is 5. The van der Waals surface area contributed by atoms with Gasteiger partial charge in [-0.2, -0.15) is 0 Å². The molecular weight excluding hydrogens is 741 g/mol. The maximum Gasteiger partial charge on any atom is 0.416 e. The van der Waals surface area contributed by atoms with E-state index in [2.05, 4.69) is 23.6 Å². The SMILES string of the molecule is CCCCCC(OC(=O)C[N+](C)(C)CCOC(C)=O)C(O)C/C=C\CCCCCCCC(=O)NCCCCCCCCCCCCNC(=O)[N+](C)(C)CCOC(C)=O. The summed E-state index contributed by atoms with van der Waals surface area (Å²) >= 11 is 0. The van der Waals surface area contributed by atoms with Crippen LogP contribution in [0.4, 0.5) is 4.79 Å². The number of carbonyl (C=O) groups excluding carboxylic acids is 5. The molecule has 13 heteroatoms. The van der Waals surface area contributed by atoms with Gasteiger partial charge < -0.3 is 34.4 Å². The third-order valence-electron chi connectivity index (χ3n) is 10.4. The van der Waals surface area contributed by atoms with E-state index in [4.69, 9.17) is 14.2 Å². The highest BCUT2D eigenvalue weighted by Crippen LogP contribution is 2.16. The van der Waals surface area contributed by atoms with Gasteiger partial charge in [0.05, 0.1) is 34.3 Å². The van der Waals surface area contributed by atoms with Crippen LogP contribution in [0, 0.1) is 0 Å². The minimum absolute atomic E-state index is 0.0507. The topological polar surface area (TPSA) is 157 Å². The summed E-state index contributed by atoms with van der Waals surface area (Å²) in [6.45, 7) is 7.85. The fraction of sp³-hybridized carbons (Fsp3) is 0.844. The third-order valence-corrected chi connectivity index (χ3v) is 10.4. The summed E-state index contributed by atoms with van der Waals surface area (Å²) in [7, 11) is 7.41. The summed E-state index contributed by atoms with van der Waals surface area (Å²) in [4.78, 5) is 59.3. The molecule has 0 aliphatic rings. The van der Waals surface area contributed by atoms with Crippen molar-refractivity contribution < 1.29 is 52.3 Å². The van der Waals surface area contributed by atoms with Gasteiger partial charge in [-0.3, -0.25) is 14.4 Å². The first kappa shape index (κ1) is 55.0. The standard InChI is InChI=1S/C45H84N4O9/c1-8-9-24-30-42(58-44(54)38-48(4,5)34-36-56-39(2)50)41(52)29-25-20-16-12-13-17-21-26-31-43(53)46-32-27-22-18-14-10-11-15-19-23-28-33-47-45(55)49(6,7)35-37-57-40(3)51/h20,25,41-42,52H,8-19,21-24,26-38H2,1-7H3/p+2/b25-20-. The van der Waals surface area contributed by atoms with E-state index in [0.29, 0.717) is 43.4 Å². The number of nitrogens with one attached hydrogen (secondary N) is 2. The van der Waals surface area contributed by atoms with Crippen molar-refractivity contribution in [2.45, 2.75) is 174 Å². The Labute approximate surface area is 352 Å². The minimum atomic E-state index is -0.751. The summed E-state index contributed by atoms with van der Waals surface area (Å²) in [6.07, 6.45) is 25.2. The van der Waals surface area contributed by atoms with Crippen molar-refractivity contribution in [2.75, 3.05) is 74.1 Å². The zero-order valence-corrected chi connectivity index (χ0v) is 37.9. The van der Waals surface area contributed by atoms with Crippen molar-refractivity contribution >= 4 is 29.8 Å². The highest BCUT2D eigenvalue weighted by molar-refractivity contribution is 5.75. The molecule has 338 valence electrons. The molecule has 2 unspecified atom stereocenters. The highest BCUT2D eigenvalue weighted by Gasteiger charge is 2.28. The number of rotatable bonds is 37. The van der Waals surface area contributed by atoms with Crippen LogP contribution in [0.25, 0.3) is 0 Å². The van der Waals surface area contributed by atoms with Gasteiger partial charge in [0.2, 0.25) is 5.91 Å². The molecule has 0 bridgehead atoms. The predicted octanol–water partition coefficient (Wildman–Crippen LogP) is 7.52. The largest absolute Gasteiger partial charge is 0.460 e. The predicted molar refractivity (Wildman–Crippen MR) is 231 cm³/mol. The van der Waals surface area contributed by atoms with E-state index < -0.39 is 12.2 Å². The fourth-order valence-electron chi connectivity index (χ4n) is 6.49. The van der Waals surface area contributed by atoms with E-state index in [9.17, 15) is 29.1 Å². The molecule has 13 nitrogen and oxygen atoms in total. The Hall–Kier alpha value is -3.03. The number of ether oxygens (including phenoxy) is 3. The number of nitrogens with zero attached hydrogens (tertiary/aromatic N) is 2. The van der Waals surface area contributed by atoms with Crippen LogP contribution in [-0.2, 0) is 33.4 Å².